The van der Waals surface area contributed by atoms with Crippen LogP contribution in [0, 0.1) is 5.82 Å². The third-order valence-corrected chi connectivity index (χ3v) is 4.83. The van der Waals surface area contributed by atoms with E-state index in [1.165, 1.54) is 6.07 Å². The maximum absolute atomic E-state index is 14.0. The first-order valence-electron chi connectivity index (χ1n) is 10.1. The van der Waals surface area contributed by atoms with Crippen LogP contribution < -0.4 is 0 Å². The fraction of sp³-hybridized carbons (Fsp3) is 0.0741. The van der Waals surface area contributed by atoms with E-state index >= 15 is 0 Å². The van der Waals surface area contributed by atoms with Gasteiger partial charge in [-0.3, -0.25) is 14.8 Å². The van der Waals surface area contributed by atoms with Crippen LogP contribution in [-0.4, -0.2) is 21.0 Å². The van der Waals surface area contributed by atoms with Crippen LogP contribution in [0.4, 0.5) is 4.39 Å². The number of benzene rings is 2. The minimum Gasteiger partial charge on any atom is -0.481 e. The first-order valence-corrected chi connectivity index (χ1v) is 10.1. The highest BCUT2D eigenvalue weighted by Gasteiger charge is 2.15. The van der Waals surface area contributed by atoms with Crippen LogP contribution in [0.1, 0.15) is 29.5 Å². The monoisotopic (exact) mass is 426 g/mol. The van der Waals surface area contributed by atoms with E-state index in [0.29, 0.717) is 11.1 Å². The van der Waals surface area contributed by atoms with Gasteiger partial charge in [0.2, 0.25) is 0 Å². The van der Waals surface area contributed by atoms with E-state index in [4.69, 9.17) is 5.11 Å². The molecule has 2 heterocycles. The Labute approximate surface area is 186 Å². The minimum atomic E-state index is -0.957. The zero-order valence-corrected chi connectivity index (χ0v) is 17.6. The molecule has 0 saturated heterocycles. The van der Waals surface area contributed by atoms with Gasteiger partial charge in [0, 0.05) is 30.4 Å². The normalized spacial score (nSPS) is 11.4. The minimum absolute atomic E-state index is 0.396. The summed E-state index contributed by atoms with van der Waals surface area (Å²) in [5.74, 6) is -2.06. The molecule has 0 radical (unpaired) electrons. The lowest BCUT2D eigenvalue weighted by Gasteiger charge is -2.09. The molecule has 0 saturated carbocycles. The number of carboxylic acid groups (broad SMARTS) is 1. The van der Waals surface area contributed by atoms with Gasteiger partial charge >= 0.3 is 5.97 Å². The molecule has 0 aliphatic carbocycles. The second kappa shape index (κ2) is 11.3. The molecule has 1 atom stereocenters. The number of halogens is 1. The Balaban J connectivity index is 0.000000186. The highest BCUT2D eigenvalue weighted by atomic mass is 19.1. The molecule has 0 bridgehead atoms. The molecule has 1 N–H and O–H groups in total. The van der Waals surface area contributed by atoms with Crippen molar-refractivity contribution in [3.05, 3.63) is 120 Å². The van der Waals surface area contributed by atoms with Gasteiger partial charge in [0.25, 0.3) is 0 Å². The summed E-state index contributed by atoms with van der Waals surface area (Å²) in [5, 5.41) is 8.89. The Morgan fingerprint density at radius 3 is 1.84 bits per heavy atom. The van der Waals surface area contributed by atoms with Gasteiger partial charge in [-0.25, -0.2) is 4.39 Å². The topological polar surface area (TPSA) is 63.1 Å². The van der Waals surface area contributed by atoms with E-state index < -0.39 is 17.7 Å². The van der Waals surface area contributed by atoms with Crippen molar-refractivity contribution in [2.45, 2.75) is 12.8 Å². The number of pyridine rings is 2. The number of carboxylic acids is 1. The maximum atomic E-state index is 14.0. The fourth-order valence-corrected chi connectivity index (χ4v) is 2.94. The largest absolute Gasteiger partial charge is 0.481 e. The van der Waals surface area contributed by atoms with E-state index in [-0.39, 0.29) is 0 Å². The Hall–Kier alpha value is -4.12. The van der Waals surface area contributed by atoms with Crippen LogP contribution in [0.25, 0.3) is 23.3 Å². The summed E-state index contributed by atoms with van der Waals surface area (Å²) in [6, 6.07) is 21.6. The zero-order chi connectivity index (χ0) is 22.8. The molecule has 1 unspecified atom stereocenters. The van der Waals surface area contributed by atoms with Gasteiger partial charge in [-0.2, -0.15) is 0 Å². The number of aliphatic carboxylic acids is 1. The molecule has 5 heteroatoms. The second-order valence-electron chi connectivity index (χ2n) is 7.06. The summed E-state index contributed by atoms with van der Waals surface area (Å²) in [5.41, 5.74) is 4.04. The molecule has 160 valence electrons. The lowest BCUT2D eigenvalue weighted by Crippen LogP contribution is -2.07. The number of aromatic nitrogens is 2. The predicted octanol–water partition coefficient (Wildman–Crippen LogP) is 6.33. The summed E-state index contributed by atoms with van der Waals surface area (Å²) in [7, 11) is 0. The van der Waals surface area contributed by atoms with Crippen LogP contribution in [0.3, 0.4) is 0 Å². The summed E-state index contributed by atoms with van der Waals surface area (Å²) in [4.78, 5) is 18.8. The van der Waals surface area contributed by atoms with Gasteiger partial charge in [-0.1, -0.05) is 54.6 Å². The summed E-state index contributed by atoms with van der Waals surface area (Å²) in [6.45, 7) is 1.54. The van der Waals surface area contributed by atoms with Crippen molar-refractivity contribution < 1.29 is 14.3 Å². The lowest BCUT2D eigenvalue weighted by atomic mass is 9.97. The molecule has 0 amide bonds. The van der Waals surface area contributed by atoms with E-state index in [2.05, 4.69) is 22.1 Å². The number of nitrogens with zero attached hydrogens (tertiary/aromatic N) is 2. The summed E-state index contributed by atoms with van der Waals surface area (Å²) >= 11 is 0. The van der Waals surface area contributed by atoms with Crippen LogP contribution >= 0.6 is 0 Å². The zero-order valence-electron chi connectivity index (χ0n) is 17.6. The SMILES string of the molecule is C(=Cc1ccncc1)c1ccncc1.CC(C(=O)O)c1ccc(-c2ccccc2)c(F)c1. The Bertz CT molecular complexity index is 1120. The average Bonchev–Trinajstić information content (AvgIpc) is 2.84. The average molecular weight is 426 g/mol. The van der Waals surface area contributed by atoms with Crippen molar-refractivity contribution in [3.8, 4) is 11.1 Å². The summed E-state index contributed by atoms with van der Waals surface area (Å²) in [6.07, 6.45) is 11.2. The van der Waals surface area contributed by atoms with Gasteiger partial charge in [0.1, 0.15) is 5.82 Å². The molecular weight excluding hydrogens is 403 g/mol. The molecule has 2 aromatic carbocycles. The Morgan fingerprint density at radius 2 is 1.38 bits per heavy atom. The van der Waals surface area contributed by atoms with Crippen LogP contribution in [-0.2, 0) is 4.79 Å². The first-order chi connectivity index (χ1) is 15.5. The van der Waals surface area contributed by atoms with Crippen LogP contribution in [0.5, 0.6) is 0 Å². The van der Waals surface area contributed by atoms with E-state index in [1.807, 2.05) is 54.6 Å². The molecule has 0 aliphatic rings. The van der Waals surface area contributed by atoms with Crippen molar-refractivity contribution in [2.24, 2.45) is 0 Å². The van der Waals surface area contributed by atoms with Gasteiger partial charge in [-0.05, 0) is 59.5 Å². The Morgan fingerprint density at radius 1 is 0.844 bits per heavy atom. The van der Waals surface area contributed by atoms with Gasteiger partial charge < -0.3 is 5.11 Å². The van der Waals surface area contributed by atoms with E-state index in [0.717, 1.165) is 16.7 Å². The highest BCUT2D eigenvalue weighted by Crippen LogP contribution is 2.26. The number of rotatable bonds is 5. The van der Waals surface area contributed by atoms with Crippen LogP contribution in [0.2, 0.25) is 0 Å². The van der Waals surface area contributed by atoms with Gasteiger partial charge in [0.05, 0.1) is 5.92 Å². The number of hydrogen-bond acceptors (Lipinski definition) is 3. The third-order valence-electron chi connectivity index (χ3n) is 4.83. The Kier molecular flexibility index (Phi) is 7.98. The van der Waals surface area contributed by atoms with Crippen molar-refractivity contribution >= 4 is 18.1 Å². The quantitative estimate of drug-likeness (QED) is 0.405. The van der Waals surface area contributed by atoms with Gasteiger partial charge in [0.15, 0.2) is 0 Å². The highest BCUT2D eigenvalue weighted by molar-refractivity contribution is 5.76. The molecule has 0 fully saturated rings. The smallest absolute Gasteiger partial charge is 0.310 e. The van der Waals surface area contributed by atoms with Gasteiger partial charge in [-0.15, -0.1) is 0 Å². The maximum Gasteiger partial charge on any atom is 0.310 e. The second-order valence-corrected chi connectivity index (χ2v) is 7.06. The van der Waals surface area contributed by atoms with Crippen molar-refractivity contribution in [1.29, 1.82) is 0 Å². The molecule has 2 aromatic heterocycles. The fourth-order valence-electron chi connectivity index (χ4n) is 2.94. The molecule has 4 nitrogen and oxygen atoms in total. The molecule has 4 aromatic rings. The standard InChI is InChI=1S/C15H13FO2.C12H10N2/c1-10(15(17)18)12-7-8-13(14(16)9-12)11-5-3-2-4-6-11;1(11-3-7-13-8-4-11)2-12-5-9-14-10-6-12/h2-10H,1H3,(H,17,18);1-10H. The van der Waals surface area contributed by atoms with Crippen molar-refractivity contribution in [1.82, 2.24) is 9.97 Å². The van der Waals surface area contributed by atoms with Crippen LogP contribution in [0.15, 0.2) is 97.6 Å². The molecule has 32 heavy (non-hydrogen) atoms. The molecular formula is C27H23FN2O2. The third kappa shape index (κ3) is 6.44. The van der Waals surface area contributed by atoms with E-state index in [9.17, 15) is 9.18 Å². The molecule has 0 aliphatic heterocycles. The number of hydrogen-bond donors (Lipinski definition) is 1. The summed E-state index contributed by atoms with van der Waals surface area (Å²) < 4.78 is 14.0. The van der Waals surface area contributed by atoms with Crippen molar-refractivity contribution in [3.63, 3.8) is 0 Å². The lowest BCUT2D eigenvalue weighted by molar-refractivity contribution is -0.138. The first kappa shape index (κ1) is 22.6. The number of carbonyl (C=O) groups is 1. The predicted molar refractivity (Wildman–Crippen MR) is 125 cm³/mol. The molecule has 0 spiro atoms. The molecule has 4 rings (SSSR count). The van der Waals surface area contributed by atoms with Crippen molar-refractivity contribution in [2.75, 3.05) is 0 Å². The van der Waals surface area contributed by atoms with E-state index in [1.54, 1.807) is 43.8 Å².